The van der Waals surface area contributed by atoms with Crippen molar-refractivity contribution in [3.05, 3.63) is 18.0 Å². The molecular weight excluding hydrogens is 226 g/mol. The lowest BCUT2D eigenvalue weighted by Crippen LogP contribution is -2.33. The third kappa shape index (κ3) is 2.44. The molecule has 90 valence electrons. The first-order chi connectivity index (χ1) is 7.48. The predicted molar refractivity (Wildman–Crippen MR) is 61.8 cm³/mol. The van der Waals surface area contributed by atoms with Gasteiger partial charge in [-0.1, -0.05) is 0 Å². The zero-order chi connectivity index (χ0) is 11.8. The summed E-state index contributed by atoms with van der Waals surface area (Å²) in [7, 11) is -0.917. The predicted octanol–water partition coefficient (Wildman–Crippen LogP) is 0.258. The first-order valence-corrected chi connectivity index (χ1v) is 7.24. The Morgan fingerprint density at radius 1 is 1.62 bits per heavy atom. The molecule has 1 aromatic rings. The lowest BCUT2D eigenvalue weighted by Gasteiger charge is -2.18. The molecule has 0 spiro atoms. The highest BCUT2D eigenvalue weighted by molar-refractivity contribution is 7.91. The van der Waals surface area contributed by atoms with Crippen molar-refractivity contribution in [2.75, 3.05) is 11.5 Å². The highest BCUT2D eigenvalue weighted by atomic mass is 32.2. The Labute approximate surface area is 95.8 Å². The van der Waals surface area contributed by atoms with E-state index in [0.717, 1.165) is 5.69 Å². The summed E-state index contributed by atoms with van der Waals surface area (Å²) in [5.74, 6) is 0.567. The van der Waals surface area contributed by atoms with Crippen LogP contribution in [0.25, 0.3) is 0 Å². The van der Waals surface area contributed by atoms with Crippen LogP contribution in [0, 0.1) is 0 Å². The third-order valence-corrected chi connectivity index (χ3v) is 4.79. The summed E-state index contributed by atoms with van der Waals surface area (Å²) >= 11 is 0. The van der Waals surface area contributed by atoms with E-state index in [-0.39, 0.29) is 17.8 Å². The summed E-state index contributed by atoms with van der Waals surface area (Å²) < 4.78 is 24.4. The van der Waals surface area contributed by atoms with E-state index >= 15 is 0 Å². The highest BCUT2D eigenvalue weighted by Crippen LogP contribution is 2.17. The number of rotatable bonds is 3. The standard InChI is InChI=1S/C10H17N3O2S/c1-8(10-3-5-11-13(10)2)12-9-4-6-16(14,15)7-9/h3,5,8-9,12H,4,6-7H2,1-2H3. The largest absolute Gasteiger partial charge is 0.305 e. The van der Waals surface area contributed by atoms with Crippen LogP contribution in [-0.2, 0) is 16.9 Å². The smallest absolute Gasteiger partial charge is 0.151 e. The van der Waals surface area contributed by atoms with E-state index in [2.05, 4.69) is 10.4 Å². The Kier molecular flexibility index (Phi) is 3.03. The number of aromatic nitrogens is 2. The van der Waals surface area contributed by atoms with Crippen molar-refractivity contribution in [1.82, 2.24) is 15.1 Å². The van der Waals surface area contributed by atoms with E-state index in [1.54, 1.807) is 10.9 Å². The molecule has 1 aromatic heterocycles. The number of nitrogens with zero attached hydrogens (tertiary/aromatic N) is 2. The van der Waals surface area contributed by atoms with Crippen molar-refractivity contribution < 1.29 is 8.42 Å². The van der Waals surface area contributed by atoms with E-state index in [0.29, 0.717) is 12.2 Å². The van der Waals surface area contributed by atoms with Crippen LogP contribution in [0.2, 0.25) is 0 Å². The fourth-order valence-electron chi connectivity index (χ4n) is 2.17. The minimum absolute atomic E-state index is 0.0786. The number of nitrogens with one attached hydrogen (secondary N) is 1. The van der Waals surface area contributed by atoms with Crippen molar-refractivity contribution in [3.8, 4) is 0 Å². The van der Waals surface area contributed by atoms with Gasteiger partial charge in [-0.05, 0) is 19.4 Å². The minimum Gasteiger partial charge on any atom is -0.305 e. The van der Waals surface area contributed by atoms with Crippen LogP contribution in [0.15, 0.2) is 12.3 Å². The summed E-state index contributed by atoms with van der Waals surface area (Å²) in [4.78, 5) is 0. The zero-order valence-electron chi connectivity index (χ0n) is 9.55. The van der Waals surface area contributed by atoms with Crippen LogP contribution in [0.4, 0.5) is 0 Å². The normalized spacial score (nSPS) is 25.8. The van der Waals surface area contributed by atoms with Gasteiger partial charge in [-0.15, -0.1) is 0 Å². The molecule has 1 aliphatic heterocycles. The van der Waals surface area contributed by atoms with Gasteiger partial charge in [0.25, 0.3) is 0 Å². The second-order valence-electron chi connectivity index (χ2n) is 4.37. The average molecular weight is 243 g/mol. The molecule has 2 unspecified atom stereocenters. The number of hydrogen-bond donors (Lipinski definition) is 1. The summed E-state index contributed by atoms with van der Waals surface area (Å²) in [5, 5.41) is 7.44. The quantitative estimate of drug-likeness (QED) is 0.827. The van der Waals surface area contributed by atoms with Crippen LogP contribution in [-0.4, -0.2) is 35.7 Å². The van der Waals surface area contributed by atoms with E-state index in [1.807, 2.05) is 20.0 Å². The van der Waals surface area contributed by atoms with Crippen LogP contribution in [0.3, 0.4) is 0 Å². The molecule has 6 heteroatoms. The van der Waals surface area contributed by atoms with Gasteiger partial charge in [0, 0.05) is 25.3 Å². The Hall–Kier alpha value is -0.880. The van der Waals surface area contributed by atoms with Gasteiger partial charge in [-0.2, -0.15) is 5.10 Å². The van der Waals surface area contributed by atoms with E-state index in [4.69, 9.17) is 0 Å². The maximum absolute atomic E-state index is 11.3. The van der Waals surface area contributed by atoms with Gasteiger partial charge in [-0.3, -0.25) is 4.68 Å². The van der Waals surface area contributed by atoms with Crippen molar-refractivity contribution in [2.24, 2.45) is 7.05 Å². The van der Waals surface area contributed by atoms with E-state index in [9.17, 15) is 8.42 Å². The summed E-state index contributed by atoms with van der Waals surface area (Å²) in [5.41, 5.74) is 1.07. The first-order valence-electron chi connectivity index (χ1n) is 5.42. The van der Waals surface area contributed by atoms with Crippen molar-refractivity contribution in [1.29, 1.82) is 0 Å². The molecule has 1 N–H and O–H groups in total. The number of hydrogen-bond acceptors (Lipinski definition) is 4. The van der Waals surface area contributed by atoms with Crippen LogP contribution < -0.4 is 5.32 Å². The van der Waals surface area contributed by atoms with E-state index in [1.165, 1.54) is 0 Å². The second kappa shape index (κ2) is 4.18. The average Bonchev–Trinajstić information content (AvgIpc) is 2.72. The molecule has 1 aliphatic rings. The molecule has 1 saturated heterocycles. The third-order valence-electron chi connectivity index (χ3n) is 3.02. The molecule has 2 heterocycles. The summed E-state index contributed by atoms with van der Waals surface area (Å²) in [6.45, 7) is 2.03. The van der Waals surface area contributed by atoms with Gasteiger partial charge < -0.3 is 5.32 Å². The topological polar surface area (TPSA) is 64.0 Å². The molecule has 2 rings (SSSR count). The maximum atomic E-state index is 11.3. The molecule has 0 aliphatic carbocycles. The van der Waals surface area contributed by atoms with Gasteiger partial charge in [0.05, 0.1) is 17.2 Å². The van der Waals surface area contributed by atoms with E-state index < -0.39 is 9.84 Å². The highest BCUT2D eigenvalue weighted by Gasteiger charge is 2.29. The molecule has 0 aromatic carbocycles. The molecule has 1 fully saturated rings. The van der Waals surface area contributed by atoms with Gasteiger partial charge in [-0.25, -0.2) is 8.42 Å². The van der Waals surface area contributed by atoms with Gasteiger partial charge in [0.1, 0.15) is 0 Å². The second-order valence-corrected chi connectivity index (χ2v) is 6.60. The van der Waals surface area contributed by atoms with Crippen molar-refractivity contribution in [3.63, 3.8) is 0 Å². The molecule has 0 radical (unpaired) electrons. The Morgan fingerprint density at radius 2 is 2.38 bits per heavy atom. The fourth-order valence-corrected chi connectivity index (χ4v) is 3.86. The van der Waals surface area contributed by atoms with Gasteiger partial charge in [0.15, 0.2) is 9.84 Å². The fraction of sp³-hybridized carbons (Fsp3) is 0.700. The summed E-state index contributed by atoms with van der Waals surface area (Å²) in [6.07, 6.45) is 2.46. The lowest BCUT2D eigenvalue weighted by atomic mass is 10.2. The molecule has 5 nitrogen and oxygen atoms in total. The molecule has 0 saturated carbocycles. The monoisotopic (exact) mass is 243 g/mol. The minimum atomic E-state index is -2.80. The Bertz CT molecular complexity index is 466. The Morgan fingerprint density at radius 3 is 2.88 bits per heavy atom. The molecule has 16 heavy (non-hydrogen) atoms. The van der Waals surface area contributed by atoms with Crippen molar-refractivity contribution in [2.45, 2.75) is 25.4 Å². The van der Waals surface area contributed by atoms with Crippen LogP contribution >= 0.6 is 0 Å². The molecule has 2 atom stereocenters. The van der Waals surface area contributed by atoms with Crippen LogP contribution in [0.1, 0.15) is 25.1 Å². The Balaban J connectivity index is 1.99. The number of sulfone groups is 1. The maximum Gasteiger partial charge on any atom is 0.151 e. The molecule has 0 amide bonds. The number of aryl methyl sites for hydroxylation is 1. The van der Waals surface area contributed by atoms with Gasteiger partial charge >= 0.3 is 0 Å². The lowest BCUT2D eigenvalue weighted by molar-refractivity contribution is 0.462. The molecular formula is C10H17N3O2S. The zero-order valence-corrected chi connectivity index (χ0v) is 10.4. The SMILES string of the molecule is CC(NC1CCS(=O)(=O)C1)c1ccnn1C. The van der Waals surface area contributed by atoms with Crippen LogP contribution in [0.5, 0.6) is 0 Å². The summed E-state index contributed by atoms with van der Waals surface area (Å²) in [6, 6.07) is 2.15. The molecule has 0 bridgehead atoms. The first kappa shape index (κ1) is 11.6. The van der Waals surface area contributed by atoms with Crippen molar-refractivity contribution >= 4 is 9.84 Å². The van der Waals surface area contributed by atoms with Gasteiger partial charge in [0.2, 0.25) is 0 Å².